The fraction of sp³-hybridized carbons (Fsp3) is 0.800. The van der Waals surface area contributed by atoms with Gasteiger partial charge in [0.15, 0.2) is 0 Å². The van der Waals surface area contributed by atoms with Crippen molar-refractivity contribution >= 4 is 0 Å². The van der Waals surface area contributed by atoms with Crippen LogP contribution in [0.1, 0.15) is 44.4 Å². The first-order valence-electron chi connectivity index (χ1n) is 7.50. The van der Waals surface area contributed by atoms with Crippen molar-refractivity contribution in [3.8, 4) is 0 Å². The number of hydrogen-bond donors (Lipinski definition) is 2. The first kappa shape index (κ1) is 14.5. The second-order valence-electron chi connectivity index (χ2n) is 5.95. The fourth-order valence-corrected chi connectivity index (χ4v) is 2.69. The van der Waals surface area contributed by atoms with Gasteiger partial charge in [0.1, 0.15) is 0 Å². The van der Waals surface area contributed by atoms with Gasteiger partial charge in [0.25, 0.3) is 0 Å². The van der Waals surface area contributed by atoms with Gasteiger partial charge in [-0.2, -0.15) is 5.10 Å². The Bertz CT molecular complexity index is 375. The topological polar surface area (TPSA) is 49.9 Å². The maximum atomic E-state index is 5.80. The normalized spacial score (nSPS) is 24.0. The molecule has 0 aliphatic carbocycles. The second-order valence-corrected chi connectivity index (χ2v) is 5.95. The molecule has 1 aliphatic rings. The largest absolute Gasteiger partial charge is 0.378 e. The molecule has 1 saturated heterocycles. The summed E-state index contributed by atoms with van der Waals surface area (Å²) in [5, 5.41) is 10.7. The van der Waals surface area contributed by atoms with Gasteiger partial charge in [-0.3, -0.25) is 5.10 Å². The van der Waals surface area contributed by atoms with Crippen molar-refractivity contribution in [1.29, 1.82) is 0 Å². The molecule has 2 rings (SSSR count). The average Bonchev–Trinajstić information content (AvgIpc) is 2.81. The molecular formula is C15H27N3O. The van der Waals surface area contributed by atoms with E-state index in [1.54, 1.807) is 0 Å². The third-order valence-corrected chi connectivity index (χ3v) is 4.05. The molecule has 1 aromatic heterocycles. The minimum Gasteiger partial charge on any atom is -0.378 e. The van der Waals surface area contributed by atoms with E-state index in [0.717, 1.165) is 32.4 Å². The quantitative estimate of drug-likeness (QED) is 0.777. The van der Waals surface area contributed by atoms with E-state index < -0.39 is 0 Å². The molecule has 4 nitrogen and oxygen atoms in total. The highest BCUT2D eigenvalue weighted by molar-refractivity contribution is 5.14. The number of nitrogens with zero attached hydrogens (tertiary/aromatic N) is 1. The van der Waals surface area contributed by atoms with Gasteiger partial charge in [-0.15, -0.1) is 0 Å². The zero-order valence-corrected chi connectivity index (χ0v) is 12.4. The molecule has 2 atom stereocenters. The van der Waals surface area contributed by atoms with Crippen LogP contribution in [0.2, 0.25) is 0 Å². The van der Waals surface area contributed by atoms with Crippen molar-refractivity contribution in [1.82, 2.24) is 15.5 Å². The predicted molar refractivity (Wildman–Crippen MR) is 77.2 cm³/mol. The second kappa shape index (κ2) is 7.06. The molecule has 1 aliphatic heterocycles. The number of aryl methyl sites for hydroxylation is 2. The lowest BCUT2D eigenvalue weighted by atomic mass is 9.95. The SMILES string of the molecule is Cc1[nH]ncc1CCCNC1CCOC(C(C)C)C1. The smallest absolute Gasteiger partial charge is 0.0612 e. The lowest BCUT2D eigenvalue weighted by Crippen LogP contribution is -2.41. The van der Waals surface area contributed by atoms with E-state index in [1.165, 1.54) is 17.7 Å². The van der Waals surface area contributed by atoms with Crippen LogP contribution in [-0.2, 0) is 11.2 Å². The Labute approximate surface area is 116 Å². The first-order chi connectivity index (χ1) is 9.16. The van der Waals surface area contributed by atoms with Crippen molar-refractivity contribution in [3.05, 3.63) is 17.5 Å². The zero-order valence-electron chi connectivity index (χ0n) is 12.4. The van der Waals surface area contributed by atoms with Crippen molar-refractivity contribution in [3.63, 3.8) is 0 Å². The molecule has 1 fully saturated rings. The highest BCUT2D eigenvalue weighted by Gasteiger charge is 2.24. The standard InChI is InChI=1S/C15H27N3O/c1-11(2)15-9-14(6-8-19-15)16-7-4-5-13-10-17-18-12(13)3/h10-11,14-16H,4-9H2,1-3H3,(H,17,18). The monoisotopic (exact) mass is 265 g/mol. The van der Waals surface area contributed by atoms with Crippen molar-refractivity contribution in [2.75, 3.05) is 13.2 Å². The number of ether oxygens (including phenoxy) is 1. The van der Waals surface area contributed by atoms with Crippen LogP contribution >= 0.6 is 0 Å². The van der Waals surface area contributed by atoms with E-state index in [-0.39, 0.29) is 0 Å². The van der Waals surface area contributed by atoms with Gasteiger partial charge in [0, 0.05) is 18.3 Å². The zero-order chi connectivity index (χ0) is 13.7. The maximum Gasteiger partial charge on any atom is 0.0612 e. The molecule has 108 valence electrons. The Morgan fingerprint density at radius 1 is 1.53 bits per heavy atom. The van der Waals surface area contributed by atoms with E-state index in [4.69, 9.17) is 4.74 Å². The highest BCUT2D eigenvalue weighted by atomic mass is 16.5. The maximum absolute atomic E-state index is 5.80. The number of H-pyrrole nitrogens is 1. The average molecular weight is 265 g/mol. The summed E-state index contributed by atoms with van der Waals surface area (Å²) in [6, 6.07) is 0.631. The molecule has 1 aromatic rings. The Hall–Kier alpha value is -0.870. The molecule has 0 radical (unpaired) electrons. The molecule has 0 spiro atoms. The first-order valence-corrected chi connectivity index (χ1v) is 7.50. The van der Waals surface area contributed by atoms with E-state index in [0.29, 0.717) is 18.1 Å². The number of rotatable bonds is 6. The van der Waals surface area contributed by atoms with Gasteiger partial charge in [-0.25, -0.2) is 0 Å². The summed E-state index contributed by atoms with van der Waals surface area (Å²) in [7, 11) is 0. The molecule has 0 aromatic carbocycles. The van der Waals surface area contributed by atoms with Gasteiger partial charge in [0.05, 0.1) is 12.3 Å². The van der Waals surface area contributed by atoms with E-state index in [1.807, 2.05) is 6.20 Å². The van der Waals surface area contributed by atoms with Crippen LogP contribution in [-0.4, -0.2) is 35.5 Å². The van der Waals surface area contributed by atoms with Crippen LogP contribution in [0.15, 0.2) is 6.20 Å². The molecule has 0 bridgehead atoms. The van der Waals surface area contributed by atoms with E-state index in [2.05, 4.69) is 36.3 Å². The van der Waals surface area contributed by atoms with Crippen LogP contribution in [0.3, 0.4) is 0 Å². The summed E-state index contributed by atoms with van der Waals surface area (Å²) >= 11 is 0. The third-order valence-electron chi connectivity index (χ3n) is 4.05. The molecule has 0 saturated carbocycles. The van der Waals surface area contributed by atoms with Crippen LogP contribution in [0.25, 0.3) is 0 Å². The van der Waals surface area contributed by atoms with Crippen molar-refractivity contribution < 1.29 is 4.74 Å². The molecule has 2 N–H and O–H groups in total. The predicted octanol–water partition coefficient (Wildman–Crippen LogP) is 2.44. The summed E-state index contributed by atoms with van der Waals surface area (Å²) in [5.74, 6) is 0.623. The fourth-order valence-electron chi connectivity index (χ4n) is 2.69. The third kappa shape index (κ3) is 4.32. The summed E-state index contributed by atoms with van der Waals surface area (Å²) in [4.78, 5) is 0. The van der Waals surface area contributed by atoms with Gasteiger partial charge < -0.3 is 10.1 Å². The van der Waals surface area contributed by atoms with Crippen LogP contribution in [0.5, 0.6) is 0 Å². The van der Waals surface area contributed by atoms with Gasteiger partial charge in [-0.05, 0) is 50.6 Å². The van der Waals surface area contributed by atoms with Gasteiger partial charge in [-0.1, -0.05) is 13.8 Å². The highest BCUT2D eigenvalue weighted by Crippen LogP contribution is 2.20. The summed E-state index contributed by atoms with van der Waals surface area (Å²) < 4.78 is 5.80. The Balaban J connectivity index is 1.64. The van der Waals surface area contributed by atoms with E-state index in [9.17, 15) is 0 Å². The summed E-state index contributed by atoms with van der Waals surface area (Å²) in [6.45, 7) is 8.56. The molecule has 2 unspecified atom stereocenters. The van der Waals surface area contributed by atoms with Gasteiger partial charge in [0.2, 0.25) is 0 Å². The van der Waals surface area contributed by atoms with Gasteiger partial charge >= 0.3 is 0 Å². The Morgan fingerprint density at radius 3 is 3.05 bits per heavy atom. The minimum atomic E-state index is 0.433. The summed E-state index contributed by atoms with van der Waals surface area (Å²) in [5.41, 5.74) is 2.54. The summed E-state index contributed by atoms with van der Waals surface area (Å²) in [6.07, 6.45) is 6.95. The number of hydrogen-bond acceptors (Lipinski definition) is 3. The van der Waals surface area contributed by atoms with Crippen LogP contribution in [0.4, 0.5) is 0 Å². The number of aromatic amines is 1. The number of aromatic nitrogens is 2. The van der Waals surface area contributed by atoms with E-state index >= 15 is 0 Å². The molecule has 0 amide bonds. The lowest BCUT2D eigenvalue weighted by molar-refractivity contribution is -0.0242. The van der Waals surface area contributed by atoms with Crippen LogP contribution in [0, 0.1) is 12.8 Å². The number of nitrogens with one attached hydrogen (secondary N) is 2. The lowest BCUT2D eigenvalue weighted by Gasteiger charge is -2.32. The molecule has 19 heavy (non-hydrogen) atoms. The Kier molecular flexibility index (Phi) is 5.40. The molecule has 4 heteroatoms. The molecule has 2 heterocycles. The minimum absolute atomic E-state index is 0.433. The van der Waals surface area contributed by atoms with Crippen LogP contribution < -0.4 is 5.32 Å². The van der Waals surface area contributed by atoms with Crippen molar-refractivity contribution in [2.45, 2.75) is 58.6 Å². The Morgan fingerprint density at radius 2 is 2.37 bits per heavy atom. The molecular weight excluding hydrogens is 238 g/mol. The van der Waals surface area contributed by atoms with Crippen molar-refractivity contribution in [2.24, 2.45) is 5.92 Å².